The molecule has 2 rings (SSSR count). The molecule has 0 heterocycles. The van der Waals surface area contributed by atoms with E-state index in [1.54, 1.807) is 12.1 Å². The minimum Gasteiger partial charge on any atom is -0.398 e. The van der Waals surface area contributed by atoms with Crippen LogP contribution in [-0.4, -0.2) is 5.91 Å². The Kier molecular flexibility index (Phi) is 4.83. The van der Waals surface area contributed by atoms with Gasteiger partial charge in [-0.15, -0.1) is 0 Å². The molecular weight excluding hydrogens is 384 g/mol. The molecule has 3 N–H and O–H groups in total. The minimum atomic E-state index is -0.126. The normalized spacial score (nSPS) is 10.3. The lowest BCUT2D eigenvalue weighted by Crippen LogP contribution is -2.24. The van der Waals surface area contributed by atoms with E-state index in [1.807, 2.05) is 31.2 Å². The first-order valence-electron chi connectivity index (χ1n) is 6.05. The molecule has 0 aliphatic heterocycles. The Labute approximate surface area is 134 Å². The van der Waals surface area contributed by atoms with Crippen molar-refractivity contribution in [3.05, 3.63) is 62.0 Å². The van der Waals surface area contributed by atoms with Crippen LogP contribution in [0.2, 0.25) is 0 Å². The number of hydrogen-bond donors (Lipinski definition) is 2. The van der Waals surface area contributed by atoms with Gasteiger partial charge in [0.05, 0.1) is 0 Å². The number of anilines is 1. The Bertz CT molecular complexity index is 639. The van der Waals surface area contributed by atoms with Crippen LogP contribution >= 0.6 is 31.9 Å². The molecule has 0 aromatic heterocycles. The van der Waals surface area contributed by atoms with Gasteiger partial charge < -0.3 is 11.1 Å². The van der Waals surface area contributed by atoms with E-state index in [0.717, 1.165) is 20.1 Å². The molecule has 0 fully saturated rings. The van der Waals surface area contributed by atoms with Gasteiger partial charge in [-0.05, 0) is 42.3 Å². The molecule has 3 nitrogen and oxygen atoms in total. The Balaban J connectivity index is 2.11. The SMILES string of the molecule is Cc1c(N)cc(Br)cc1C(=O)NCc1ccc(Br)cc1. The van der Waals surface area contributed by atoms with Crippen LogP contribution in [0.3, 0.4) is 0 Å². The first-order chi connectivity index (χ1) is 9.47. The van der Waals surface area contributed by atoms with Gasteiger partial charge in [0.1, 0.15) is 0 Å². The van der Waals surface area contributed by atoms with Crippen molar-refractivity contribution in [2.45, 2.75) is 13.5 Å². The first-order valence-corrected chi connectivity index (χ1v) is 7.64. The second kappa shape index (κ2) is 6.41. The summed E-state index contributed by atoms with van der Waals surface area (Å²) >= 11 is 6.74. The summed E-state index contributed by atoms with van der Waals surface area (Å²) < 4.78 is 1.82. The average molecular weight is 398 g/mol. The van der Waals surface area contributed by atoms with E-state index in [0.29, 0.717) is 17.8 Å². The van der Waals surface area contributed by atoms with Gasteiger partial charge in [-0.2, -0.15) is 0 Å². The van der Waals surface area contributed by atoms with Gasteiger partial charge in [-0.3, -0.25) is 4.79 Å². The Morgan fingerprint density at radius 3 is 2.45 bits per heavy atom. The maximum absolute atomic E-state index is 12.2. The highest BCUT2D eigenvalue weighted by atomic mass is 79.9. The van der Waals surface area contributed by atoms with Gasteiger partial charge in [0, 0.05) is 26.7 Å². The maximum Gasteiger partial charge on any atom is 0.251 e. The summed E-state index contributed by atoms with van der Waals surface area (Å²) in [6.45, 7) is 2.33. The highest BCUT2D eigenvalue weighted by Gasteiger charge is 2.11. The average Bonchev–Trinajstić information content (AvgIpc) is 2.42. The minimum absolute atomic E-state index is 0.126. The van der Waals surface area contributed by atoms with E-state index in [4.69, 9.17) is 5.73 Å². The highest BCUT2D eigenvalue weighted by Crippen LogP contribution is 2.22. The zero-order valence-electron chi connectivity index (χ0n) is 10.9. The van der Waals surface area contributed by atoms with Crippen LogP contribution in [0, 0.1) is 6.92 Å². The monoisotopic (exact) mass is 396 g/mol. The van der Waals surface area contributed by atoms with Gasteiger partial charge in [0.2, 0.25) is 0 Å². The smallest absolute Gasteiger partial charge is 0.251 e. The van der Waals surface area contributed by atoms with Crippen LogP contribution in [0.15, 0.2) is 45.3 Å². The van der Waals surface area contributed by atoms with Crippen molar-refractivity contribution >= 4 is 43.5 Å². The summed E-state index contributed by atoms with van der Waals surface area (Å²) in [6, 6.07) is 11.4. The molecule has 20 heavy (non-hydrogen) atoms. The van der Waals surface area contributed by atoms with Crippen molar-refractivity contribution in [1.82, 2.24) is 5.32 Å². The fourth-order valence-electron chi connectivity index (χ4n) is 1.82. The number of carbonyl (C=O) groups is 1. The highest BCUT2D eigenvalue weighted by molar-refractivity contribution is 9.10. The molecule has 1 amide bonds. The lowest BCUT2D eigenvalue weighted by Gasteiger charge is -2.10. The zero-order chi connectivity index (χ0) is 14.7. The third-order valence-electron chi connectivity index (χ3n) is 3.02. The summed E-state index contributed by atoms with van der Waals surface area (Å²) in [5, 5.41) is 2.90. The van der Waals surface area contributed by atoms with Gasteiger partial charge in [-0.25, -0.2) is 0 Å². The fourth-order valence-corrected chi connectivity index (χ4v) is 2.56. The van der Waals surface area contributed by atoms with Crippen LogP contribution in [0.25, 0.3) is 0 Å². The predicted molar refractivity (Wildman–Crippen MR) is 88.6 cm³/mol. The lowest BCUT2D eigenvalue weighted by atomic mass is 10.1. The van der Waals surface area contributed by atoms with Crippen molar-refractivity contribution in [2.75, 3.05) is 5.73 Å². The summed E-state index contributed by atoms with van der Waals surface area (Å²) in [7, 11) is 0. The number of nitrogens with one attached hydrogen (secondary N) is 1. The molecule has 2 aromatic rings. The van der Waals surface area contributed by atoms with E-state index >= 15 is 0 Å². The van der Waals surface area contributed by atoms with E-state index < -0.39 is 0 Å². The van der Waals surface area contributed by atoms with E-state index in [1.165, 1.54) is 0 Å². The molecular formula is C15H14Br2N2O. The molecule has 0 saturated carbocycles. The third kappa shape index (κ3) is 3.61. The fraction of sp³-hybridized carbons (Fsp3) is 0.133. The van der Waals surface area contributed by atoms with Crippen molar-refractivity contribution in [3.63, 3.8) is 0 Å². The van der Waals surface area contributed by atoms with Crippen LogP contribution in [0.1, 0.15) is 21.5 Å². The second-order valence-corrected chi connectivity index (χ2v) is 6.31. The maximum atomic E-state index is 12.2. The van der Waals surface area contributed by atoms with Crippen molar-refractivity contribution < 1.29 is 4.79 Å². The topological polar surface area (TPSA) is 55.1 Å². The number of halogens is 2. The predicted octanol–water partition coefficient (Wildman–Crippen LogP) is 4.03. The standard InChI is InChI=1S/C15H14Br2N2O/c1-9-13(6-12(17)7-14(9)18)15(20)19-8-10-2-4-11(16)5-3-10/h2-7H,8,18H2,1H3,(H,19,20). The molecule has 0 spiro atoms. The Hall–Kier alpha value is -1.33. The molecule has 0 radical (unpaired) electrons. The Morgan fingerprint density at radius 1 is 1.15 bits per heavy atom. The largest absolute Gasteiger partial charge is 0.398 e. The lowest BCUT2D eigenvalue weighted by molar-refractivity contribution is 0.0950. The molecule has 0 saturated heterocycles. The van der Waals surface area contributed by atoms with Gasteiger partial charge in [-0.1, -0.05) is 44.0 Å². The zero-order valence-corrected chi connectivity index (χ0v) is 14.1. The van der Waals surface area contributed by atoms with Gasteiger partial charge in [0.15, 0.2) is 0 Å². The van der Waals surface area contributed by atoms with Crippen LogP contribution in [-0.2, 0) is 6.54 Å². The number of rotatable bonds is 3. The number of hydrogen-bond acceptors (Lipinski definition) is 2. The van der Waals surface area contributed by atoms with Crippen LogP contribution in [0.5, 0.6) is 0 Å². The second-order valence-electron chi connectivity index (χ2n) is 4.48. The van der Waals surface area contributed by atoms with Crippen molar-refractivity contribution in [2.24, 2.45) is 0 Å². The molecule has 0 bridgehead atoms. The first kappa shape index (κ1) is 15.1. The van der Waals surface area contributed by atoms with Crippen molar-refractivity contribution in [1.29, 1.82) is 0 Å². The summed E-state index contributed by atoms with van der Waals surface area (Å²) in [4.78, 5) is 12.2. The molecule has 5 heteroatoms. The van der Waals surface area contributed by atoms with Crippen LogP contribution < -0.4 is 11.1 Å². The van der Waals surface area contributed by atoms with Gasteiger partial charge in [0.25, 0.3) is 5.91 Å². The van der Waals surface area contributed by atoms with E-state index in [2.05, 4.69) is 37.2 Å². The number of nitrogens with two attached hydrogens (primary N) is 1. The molecule has 0 atom stereocenters. The summed E-state index contributed by atoms with van der Waals surface area (Å²) in [6.07, 6.45) is 0. The quantitative estimate of drug-likeness (QED) is 0.768. The molecule has 0 aliphatic carbocycles. The Morgan fingerprint density at radius 2 is 1.80 bits per heavy atom. The molecule has 0 unspecified atom stereocenters. The number of benzene rings is 2. The van der Waals surface area contributed by atoms with E-state index in [-0.39, 0.29) is 5.91 Å². The van der Waals surface area contributed by atoms with Crippen LogP contribution in [0.4, 0.5) is 5.69 Å². The molecule has 0 aliphatic rings. The number of carbonyl (C=O) groups excluding carboxylic acids is 1. The third-order valence-corrected chi connectivity index (χ3v) is 4.01. The van der Waals surface area contributed by atoms with E-state index in [9.17, 15) is 4.79 Å². The summed E-state index contributed by atoms with van der Waals surface area (Å²) in [5.41, 5.74) is 8.90. The van der Waals surface area contributed by atoms with Gasteiger partial charge >= 0.3 is 0 Å². The van der Waals surface area contributed by atoms with Crippen molar-refractivity contribution in [3.8, 4) is 0 Å². The summed E-state index contributed by atoms with van der Waals surface area (Å²) in [5.74, 6) is -0.126. The number of amides is 1. The number of nitrogen functional groups attached to an aromatic ring is 1. The molecule has 2 aromatic carbocycles. The molecule has 104 valence electrons.